The number of hydrogen-bond donors (Lipinski definition) is 2. The minimum atomic E-state index is -1.54. The summed E-state index contributed by atoms with van der Waals surface area (Å²) in [4.78, 5) is 37.2. The van der Waals surface area contributed by atoms with Crippen LogP contribution in [0.2, 0.25) is 0 Å². The van der Waals surface area contributed by atoms with Crippen molar-refractivity contribution < 1.29 is 33.3 Å². The van der Waals surface area contributed by atoms with Crippen LogP contribution in [0.1, 0.15) is 20.1 Å². The number of anilines is 1. The van der Waals surface area contributed by atoms with Crippen molar-refractivity contribution in [2.45, 2.75) is 25.5 Å². The average Bonchev–Trinajstić information content (AvgIpc) is 3.02. The molecule has 1 aliphatic heterocycles. The molecule has 26 heavy (non-hydrogen) atoms. The second-order valence-electron chi connectivity index (χ2n) is 5.68. The van der Waals surface area contributed by atoms with Gasteiger partial charge in [0.2, 0.25) is 0 Å². The van der Waals surface area contributed by atoms with Crippen molar-refractivity contribution in [1.29, 1.82) is 0 Å². The number of rotatable bonds is 6. The molecule has 2 heterocycles. The molecule has 1 fully saturated rings. The van der Waals surface area contributed by atoms with Crippen LogP contribution in [-0.2, 0) is 14.2 Å². The normalized spacial score (nSPS) is 19.4. The lowest BCUT2D eigenvalue weighted by Crippen LogP contribution is -2.30. The zero-order valence-electron chi connectivity index (χ0n) is 14.0. The van der Waals surface area contributed by atoms with Gasteiger partial charge in [0.25, 0.3) is 0 Å². The first-order valence-corrected chi connectivity index (χ1v) is 8.66. The Morgan fingerprint density at radius 3 is 2.92 bits per heavy atom. The van der Waals surface area contributed by atoms with E-state index in [4.69, 9.17) is 19.3 Å². The highest BCUT2D eigenvalue weighted by Crippen LogP contribution is 2.31. The summed E-state index contributed by atoms with van der Waals surface area (Å²) in [5.41, 5.74) is -1.43. The molecule has 1 amide bonds. The number of carbonyl (C=O) groups excluding carboxylic acids is 1. The third-order valence-corrected chi connectivity index (χ3v) is 4.14. The van der Waals surface area contributed by atoms with Crippen LogP contribution in [0.3, 0.4) is 0 Å². The summed E-state index contributed by atoms with van der Waals surface area (Å²) in [6.45, 7) is 3.91. The molecule has 1 aromatic heterocycles. The maximum absolute atomic E-state index is 13.8. The van der Waals surface area contributed by atoms with E-state index in [2.05, 4.69) is 4.98 Å². The van der Waals surface area contributed by atoms with E-state index < -0.39 is 41.2 Å². The molecule has 0 unspecified atom stereocenters. The zero-order chi connectivity index (χ0) is 19.3. The Hall–Kier alpha value is -2.34. The second kappa shape index (κ2) is 8.85. The monoisotopic (exact) mass is 391 g/mol. The number of nitrogens with one attached hydrogen (secondary N) is 1. The highest BCUT2D eigenvalue weighted by molar-refractivity contribution is 8.00. The van der Waals surface area contributed by atoms with Gasteiger partial charge in [0, 0.05) is 5.75 Å². The number of halogens is 1. The average molecular weight is 391 g/mol. The van der Waals surface area contributed by atoms with E-state index in [9.17, 15) is 18.8 Å². The number of ether oxygens (including phenoxy) is 3. The Bertz CT molecular complexity index is 727. The lowest BCUT2D eigenvalue weighted by Gasteiger charge is -2.15. The van der Waals surface area contributed by atoms with Crippen LogP contribution in [-0.4, -0.2) is 51.3 Å². The molecule has 10 nitrogen and oxygen atoms in total. The third kappa shape index (κ3) is 5.59. The molecule has 1 saturated heterocycles. The van der Waals surface area contributed by atoms with Gasteiger partial charge in [-0.25, -0.2) is 18.8 Å². The Balaban J connectivity index is 1.92. The third-order valence-electron chi connectivity index (χ3n) is 3.05. The van der Waals surface area contributed by atoms with Crippen molar-refractivity contribution in [3.05, 3.63) is 22.5 Å². The molecule has 0 aromatic carbocycles. The SMILES string of the molecule is CC(C)COC(=O)OC[C@H]1O[C@@H](n2cc(F)c(NC(=O)O)nc2=O)CS1. The first-order valence-electron chi connectivity index (χ1n) is 7.61. The number of nitrogens with zero attached hydrogens (tertiary/aromatic N) is 2. The Kier molecular flexibility index (Phi) is 6.80. The number of hydrogen-bond acceptors (Lipinski definition) is 8. The Morgan fingerprint density at radius 1 is 1.54 bits per heavy atom. The van der Waals surface area contributed by atoms with Crippen molar-refractivity contribution in [3.8, 4) is 0 Å². The molecule has 0 aliphatic carbocycles. The van der Waals surface area contributed by atoms with Crippen LogP contribution in [0.4, 0.5) is 19.8 Å². The maximum atomic E-state index is 13.8. The van der Waals surface area contributed by atoms with Gasteiger partial charge in [-0.1, -0.05) is 13.8 Å². The zero-order valence-corrected chi connectivity index (χ0v) is 14.8. The largest absolute Gasteiger partial charge is 0.508 e. The lowest BCUT2D eigenvalue weighted by atomic mass is 10.2. The predicted molar refractivity (Wildman–Crippen MR) is 88.6 cm³/mol. The van der Waals surface area contributed by atoms with Gasteiger partial charge in [0.15, 0.2) is 11.6 Å². The van der Waals surface area contributed by atoms with Crippen LogP contribution >= 0.6 is 11.8 Å². The van der Waals surface area contributed by atoms with E-state index in [1.54, 1.807) is 5.32 Å². The van der Waals surface area contributed by atoms with Gasteiger partial charge in [0.1, 0.15) is 18.3 Å². The Labute approximate surface area is 151 Å². The molecule has 12 heteroatoms. The van der Waals surface area contributed by atoms with Crippen molar-refractivity contribution >= 4 is 29.8 Å². The molecule has 0 bridgehead atoms. The molecule has 144 valence electrons. The molecular formula is C14H18FN3O7S. The summed E-state index contributed by atoms with van der Waals surface area (Å²) in [5.74, 6) is -1.23. The molecule has 0 radical (unpaired) electrons. The van der Waals surface area contributed by atoms with Gasteiger partial charge in [-0.05, 0) is 5.92 Å². The maximum Gasteiger partial charge on any atom is 0.508 e. The summed E-state index contributed by atoms with van der Waals surface area (Å²) in [7, 11) is 0. The van der Waals surface area contributed by atoms with E-state index in [1.165, 1.54) is 11.8 Å². The summed E-state index contributed by atoms with van der Waals surface area (Å²) in [6.07, 6.45) is -2.37. The van der Waals surface area contributed by atoms with Gasteiger partial charge in [-0.2, -0.15) is 4.98 Å². The fourth-order valence-corrected chi connectivity index (χ4v) is 2.92. The quantitative estimate of drug-likeness (QED) is 0.698. The first-order chi connectivity index (χ1) is 12.3. The molecule has 0 spiro atoms. The molecule has 1 aromatic rings. The van der Waals surface area contributed by atoms with Gasteiger partial charge in [-0.15, -0.1) is 11.8 Å². The summed E-state index contributed by atoms with van der Waals surface area (Å²) < 4.78 is 30.1. The topological polar surface area (TPSA) is 129 Å². The van der Waals surface area contributed by atoms with Crippen molar-refractivity contribution in [3.63, 3.8) is 0 Å². The number of carbonyl (C=O) groups is 2. The fourth-order valence-electron chi connectivity index (χ4n) is 1.93. The summed E-state index contributed by atoms with van der Waals surface area (Å²) in [6, 6.07) is 0. The van der Waals surface area contributed by atoms with Crippen LogP contribution in [0.25, 0.3) is 0 Å². The fraction of sp³-hybridized carbons (Fsp3) is 0.571. The lowest BCUT2D eigenvalue weighted by molar-refractivity contribution is -0.0254. The number of aromatic nitrogens is 2. The van der Waals surface area contributed by atoms with Gasteiger partial charge < -0.3 is 19.3 Å². The minimum Gasteiger partial charge on any atom is -0.465 e. The smallest absolute Gasteiger partial charge is 0.465 e. The Morgan fingerprint density at radius 2 is 2.27 bits per heavy atom. The highest BCUT2D eigenvalue weighted by Gasteiger charge is 2.30. The summed E-state index contributed by atoms with van der Waals surface area (Å²) in [5, 5.41) is 10.3. The standard InChI is InChI=1S/C14H18FN3O7S/c1-7(2)4-23-14(22)24-5-10-25-9(6-26-10)18-3-8(15)11(16-12(18)19)17-13(20)21/h3,7,9-10H,4-6H2,1-2H3,(H,20,21)(H,16,17,19)/t9-,10+/m1/s1. The van der Waals surface area contributed by atoms with E-state index in [0.717, 1.165) is 10.8 Å². The van der Waals surface area contributed by atoms with E-state index in [0.29, 0.717) is 5.75 Å². The minimum absolute atomic E-state index is 0.0958. The second-order valence-corrected chi connectivity index (χ2v) is 6.87. The molecule has 1 aliphatic rings. The van der Waals surface area contributed by atoms with Crippen molar-refractivity contribution in [2.24, 2.45) is 5.92 Å². The molecular weight excluding hydrogens is 373 g/mol. The van der Waals surface area contributed by atoms with Crippen LogP contribution in [0, 0.1) is 11.7 Å². The highest BCUT2D eigenvalue weighted by atomic mass is 32.2. The number of thioether (sulfide) groups is 1. The predicted octanol–water partition coefficient (Wildman–Crippen LogP) is 1.87. The van der Waals surface area contributed by atoms with Gasteiger partial charge in [-0.3, -0.25) is 9.88 Å². The molecule has 0 saturated carbocycles. The van der Waals surface area contributed by atoms with E-state index in [1.807, 2.05) is 13.8 Å². The van der Waals surface area contributed by atoms with Crippen LogP contribution in [0.15, 0.2) is 11.0 Å². The molecule has 2 N–H and O–H groups in total. The van der Waals surface area contributed by atoms with E-state index in [-0.39, 0.29) is 19.1 Å². The first kappa shape index (κ1) is 20.0. The van der Waals surface area contributed by atoms with Crippen LogP contribution in [0.5, 0.6) is 0 Å². The molecule has 2 rings (SSSR count). The van der Waals surface area contributed by atoms with Crippen LogP contribution < -0.4 is 11.0 Å². The van der Waals surface area contributed by atoms with E-state index >= 15 is 0 Å². The van der Waals surface area contributed by atoms with Gasteiger partial charge >= 0.3 is 17.9 Å². The number of carboxylic acid groups (broad SMARTS) is 1. The van der Waals surface area contributed by atoms with Crippen molar-refractivity contribution in [1.82, 2.24) is 9.55 Å². The van der Waals surface area contributed by atoms with Gasteiger partial charge in [0.05, 0.1) is 12.8 Å². The van der Waals surface area contributed by atoms with Crippen molar-refractivity contribution in [2.75, 3.05) is 24.3 Å². The number of amides is 1. The molecule has 2 atom stereocenters. The summed E-state index contributed by atoms with van der Waals surface area (Å²) >= 11 is 1.27.